The standard InChI is InChI=1S/C13H16N2O3/c16-15(17)7-6-13-11-14(8-9-18-13)10-12-4-2-1-3-5-12/h1-7,13H,8-11H2/b7-6+. The third-order valence-corrected chi connectivity index (χ3v) is 2.85. The Morgan fingerprint density at radius 1 is 1.44 bits per heavy atom. The highest BCUT2D eigenvalue weighted by Gasteiger charge is 2.19. The minimum atomic E-state index is -0.459. The number of nitrogens with zero attached hydrogens (tertiary/aromatic N) is 2. The van der Waals surface area contributed by atoms with Crippen LogP contribution < -0.4 is 0 Å². The van der Waals surface area contributed by atoms with Gasteiger partial charge in [-0.15, -0.1) is 0 Å². The fourth-order valence-corrected chi connectivity index (χ4v) is 2.00. The van der Waals surface area contributed by atoms with Crippen molar-refractivity contribution < 1.29 is 9.66 Å². The van der Waals surface area contributed by atoms with Crippen LogP contribution in [0.1, 0.15) is 5.56 Å². The highest BCUT2D eigenvalue weighted by molar-refractivity contribution is 5.14. The van der Waals surface area contributed by atoms with Crippen molar-refractivity contribution in [2.45, 2.75) is 12.6 Å². The lowest BCUT2D eigenvalue weighted by atomic mass is 10.2. The molecule has 18 heavy (non-hydrogen) atoms. The van der Waals surface area contributed by atoms with E-state index in [0.717, 1.165) is 19.3 Å². The second kappa shape index (κ2) is 6.28. The molecule has 2 rings (SSSR count). The van der Waals surface area contributed by atoms with Crippen LogP contribution in [0, 0.1) is 10.1 Å². The first-order valence-corrected chi connectivity index (χ1v) is 5.94. The Morgan fingerprint density at radius 2 is 2.22 bits per heavy atom. The first-order valence-electron chi connectivity index (χ1n) is 5.94. The van der Waals surface area contributed by atoms with Gasteiger partial charge in [0.15, 0.2) is 0 Å². The number of hydrogen-bond acceptors (Lipinski definition) is 4. The fraction of sp³-hybridized carbons (Fsp3) is 0.385. The van der Waals surface area contributed by atoms with Crippen molar-refractivity contribution in [1.82, 2.24) is 4.90 Å². The van der Waals surface area contributed by atoms with Crippen LogP contribution in [0.5, 0.6) is 0 Å². The molecule has 5 heteroatoms. The van der Waals surface area contributed by atoms with E-state index in [1.807, 2.05) is 18.2 Å². The molecule has 5 nitrogen and oxygen atoms in total. The summed E-state index contributed by atoms with van der Waals surface area (Å²) in [6.45, 7) is 3.02. The summed E-state index contributed by atoms with van der Waals surface area (Å²) in [7, 11) is 0. The van der Waals surface area contributed by atoms with Crippen LogP contribution >= 0.6 is 0 Å². The van der Waals surface area contributed by atoms with Gasteiger partial charge in [0.25, 0.3) is 0 Å². The van der Waals surface area contributed by atoms with Crippen molar-refractivity contribution >= 4 is 0 Å². The Hall–Kier alpha value is -1.72. The summed E-state index contributed by atoms with van der Waals surface area (Å²) in [5, 5.41) is 10.3. The zero-order valence-corrected chi connectivity index (χ0v) is 10.1. The molecule has 0 radical (unpaired) electrons. The quantitative estimate of drug-likeness (QED) is 0.601. The van der Waals surface area contributed by atoms with Gasteiger partial charge in [0, 0.05) is 25.7 Å². The SMILES string of the molecule is O=[N+]([O-])/C=C/C1CN(Cc2ccccc2)CCO1. The third kappa shape index (κ3) is 3.94. The Balaban J connectivity index is 1.89. The first-order chi connectivity index (χ1) is 8.74. The van der Waals surface area contributed by atoms with Crippen LogP contribution in [-0.2, 0) is 11.3 Å². The summed E-state index contributed by atoms with van der Waals surface area (Å²) in [6.07, 6.45) is 2.28. The average molecular weight is 248 g/mol. The molecule has 1 heterocycles. The predicted octanol–water partition coefficient (Wildman–Crippen LogP) is 1.68. The first kappa shape index (κ1) is 12.7. The van der Waals surface area contributed by atoms with Gasteiger partial charge in [0.05, 0.1) is 17.6 Å². The number of morpholine rings is 1. The summed E-state index contributed by atoms with van der Waals surface area (Å²) < 4.78 is 5.46. The maximum absolute atomic E-state index is 10.3. The van der Waals surface area contributed by atoms with Gasteiger partial charge in [0.1, 0.15) is 0 Å². The average Bonchev–Trinajstić information content (AvgIpc) is 2.38. The lowest BCUT2D eigenvalue weighted by Gasteiger charge is -2.31. The minimum absolute atomic E-state index is 0.187. The zero-order valence-electron chi connectivity index (χ0n) is 10.1. The number of ether oxygens (including phenoxy) is 1. The molecule has 1 unspecified atom stereocenters. The largest absolute Gasteiger partial charge is 0.371 e. The Bertz CT molecular complexity index is 420. The molecule has 1 aromatic rings. The number of hydrogen-bond donors (Lipinski definition) is 0. The molecule has 1 saturated heterocycles. The van der Waals surface area contributed by atoms with E-state index in [-0.39, 0.29) is 6.10 Å². The summed E-state index contributed by atoms with van der Waals surface area (Å²) in [5.74, 6) is 0. The van der Waals surface area contributed by atoms with Gasteiger partial charge in [-0.05, 0) is 5.56 Å². The van der Waals surface area contributed by atoms with Gasteiger partial charge in [-0.2, -0.15) is 0 Å². The minimum Gasteiger partial charge on any atom is -0.371 e. The summed E-state index contributed by atoms with van der Waals surface area (Å²) in [6, 6.07) is 10.2. The molecule has 1 atom stereocenters. The van der Waals surface area contributed by atoms with Crippen molar-refractivity contribution in [2.75, 3.05) is 19.7 Å². The van der Waals surface area contributed by atoms with E-state index < -0.39 is 4.92 Å². The Labute approximate surface area is 106 Å². The Kier molecular flexibility index (Phi) is 4.44. The van der Waals surface area contributed by atoms with E-state index in [2.05, 4.69) is 17.0 Å². The van der Waals surface area contributed by atoms with Crippen LogP contribution in [0.15, 0.2) is 42.6 Å². The molecule has 1 aliphatic heterocycles. The molecule has 1 aliphatic rings. The van der Waals surface area contributed by atoms with Crippen LogP contribution in [0.25, 0.3) is 0 Å². The lowest BCUT2D eigenvalue weighted by molar-refractivity contribution is -0.403. The topological polar surface area (TPSA) is 55.6 Å². The number of nitro groups is 1. The molecule has 0 aromatic heterocycles. The zero-order chi connectivity index (χ0) is 12.8. The lowest BCUT2D eigenvalue weighted by Crippen LogP contribution is -2.41. The number of benzene rings is 1. The van der Waals surface area contributed by atoms with E-state index >= 15 is 0 Å². The van der Waals surface area contributed by atoms with Gasteiger partial charge in [0.2, 0.25) is 6.20 Å². The molecule has 0 spiro atoms. The molecule has 96 valence electrons. The van der Waals surface area contributed by atoms with Crippen molar-refractivity contribution in [2.24, 2.45) is 0 Å². The predicted molar refractivity (Wildman–Crippen MR) is 67.6 cm³/mol. The summed E-state index contributed by atoms with van der Waals surface area (Å²) in [4.78, 5) is 12.0. The van der Waals surface area contributed by atoms with Gasteiger partial charge >= 0.3 is 0 Å². The van der Waals surface area contributed by atoms with Crippen molar-refractivity contribution in [3.63, 3.8) is 0 Å². The number of rotatable bonds is 4. The maximum Gasteiger partial charge on any atom is 0.233 e. The third-order valence-electron chi connectivity index (χ3n) is 2.85. The van der Waals surface area contributed by atoms with Crippen LogP contribution in [-0.4, -0.2) is 35.6 Å². The van der Waals surface area contributed by atoms with Gasteiger partial charge in [-0.25, -0.2) is 0 Å². The van der Waals surface area contributed by atoms with E-state index in [1.54, 1.807) is 0 Å². The van der Waals surface area contributed by atoms with E-state index in [9.17, 15) is 10.1 Å². The Morgan fingerprint density at radius 3 is 2.94 bits per heavy atom. The van der Waals surface area contributed by atoms with Gasteiger partial charge in [-0.3, -0.25) is 15.0 Å². The molecule has 0 amide bonds. The monoisotopic (exact) mass is 248 g/mol. The second-order valence-corrected chi connectivity index (χ2v) is 4.26. The van der Waals surface area contributed by atoms with Crippen molar-refractivity contribution in [1.29, 1.82) is 0 Å². The molecular weight excluding hydrogens is 232 g/mol. The highest BCUT2D eigenvalue weighted by atomic mass is 16.6. The molecule has 1 aromatic carbocycles. The summed E-state index contributed by atoms with van der Waals surface area (Å²) >= 11 is 0. The van der Waals surface area contributed by atoms with Crippen LogP contribution in [0.2, 0.25) is 0 Å². The smallest absolute Gasteiger partial charge is 0.233 e. The maximum atomic E-state index is 10.3. The van der Waals surface area contributed by atoms with E-state index in [4.69, 9.17) is 4.74 Å². The van der Waals surface area contributed by atoms with Crippen LogP contribution in [0.4, 0.5) is 0 Å². The fourth-order valence-electron chi connectivity index (χ4n) is 2.00. The molecule has 1 fully saturated rings. The van der Waals surface area contributed by atoms with Crippen LogP contribution in [0.3, 0.4) is 0 Å². The van der Waals surface area contributed by atoms with Crippen molar-refractivity contribution in [3.05, 3.63) is 58.3 Å². The van der Waals surface area contributed by atoms with E-state index in [0.29, 0.717) is 13.2 Å². The molecule has 0 N–H and O–H groups in total. The van der Waals surface area contributed by atoms with E-state index in [1.165, 1.54) is 11.6 Å². The second-order valence-electron chi connectivity index (χ2n) is 4.26. The molecular formula is C13H16N2O3. The highest BCUT2D eigenvalue weighted by Crippen LogP contribution is 2.11. The normalized spacial score (nSPS) is 21.2. The molecule has 0 saturated carbocycles. The molecule has 0 aliphatic carbocycles. The van der Waals surface area contributed by atoms with Gasteiger partial charge in [-0.1, -0.05) is 30.3 Å². The summed E-state index contributed by atoms with van der Waals surface area (Å²) in [5.41, 5.74) is 1.25. The van der Waals surface area contributed by atoms with Crippen molar-refractivity contribution in [3.8, 4) is 0 Å². The molecule has 0 bridgehead atoms. The van der Waals surface area contributed by atoms with Gasteiger partial charge < -0.3 is 4.74 Å².